The van der Waals surface area contributed by atoms with E-state index in [-0.39, 0.29) is 0 Å². The molecule has 1 nitrogen and oxygen atoms in total. The van der Waals surface area contributed by atoms with Crippen LogP contribution in [0.25, 0.3) is 82.4 Å². The zero-order valence-electron chi connectivity index (χ0n) is 26.8. The molecule has 0 spiro atoms. The van der Waals surface area contributed by atoms with Gasteiger partial charge in [0.2, 0.25) is 0 Å². The van der Waals surface area contributed by atoms with Crippen molar-refractivity contribution in [2.45, 2.75) is 0 Å². The summed E-state index contributed by atoms with van der Waals surface area (Å²) in [6, 6.07) is 60.8. The molecular formula is C46H27NS3. The molecule has 0 N–H and O–H groups in total. The maximum atomic E-state index is 2.42. The molecular weight excluding hydrogens is 663 g/mol. The summed E-state index contributed by atoms with van der Waals surface area (Å²) in [6.45, 7) is 0. The molecule has 0 unspecified atom stereocenters. The maximum absolute atomic E-state index is 2.42. The Bertz CT molecular complexity index is 2990. The Balaban J connectivity index is 1.07. The first-order chi connectivity index (χ1) is 24.7. The van der Waals surface area contributed by atoms with E-state index in [1.807, 2.05) is 34.0 Å². The Kier molecular flexibility index (Phi) is 6.23. The van der Waals surface area contributed by atoms with E-state index in [0.717, 1.165) is 17.1 Å². The minimum atomic E-state index is 1.14. The number of thiophene rings is 3. The molecule has 4 heteroatoms. The number of rotatable bonds is 4. The molecule has 0 amide bonds. The van der Waals surface area contributed by atoms with Gasteiger partial charge in [0.05, 0.1) is 0 Å². The fourth-order valence-corrected chi connectivity index (χ4v) is 11.0. The zero-order valence-corrected chi connectivity index (χ0v) is 29.2. The van der Waals surface area contributed by atoms with Crippen LogP contribution in [0.15, 0.2) is 164 Å². The largest absolute Gasteiger partial charge is 0.310 e. The topological polar surface area (TPSA) is 3.24 Å². The quantitative estimate of drug-likeness (QED) is 0.178. The van der Waals surface area contributed by atoms with Gasteiger partial charge in [0.1, 0.15) is 0 Å². The van der Waals surface area contributed by atoms with Gasteiger partial charge in [-0.15, -0.1) is 34.0 Å². The van der Waals surface area contributed by atoms with Crippen molar-refractivity contribution < 1.29 is 0 Å². The molecule has 0 aliphatic rings. The molecule has 3 heterocycles. The fraction of sp³-hybridized carbons (Fsp3) is 0. The van der Waals surface area contributed by atoms with Crippen molar-refractivity contribution in [2.75, 3.05) is 4.90 Å². The molecule has 8 aromatic carbocycles. The van der Waals surface area contributed by atoms with Gasteiger partial charge in [0.15, 0.2) is 0 Å². The van der Waals surface area contributed by atoms with Crippen molar-refractivity contribution in [3.05, 3.63) is 164 Å². The predicted molar refractivity (Wildman–Crippen MR) is 223 cm³/mol. The van der Waals surface area contributed by atoms with Gasteiger partial charge in [-0.3, -0.25) is 0 Å². The van der Waals surface area contributed by atoms with Crippen molar-refractivity contribution in [3.63, 3.8) is 0 Å². The van der Waals surface area contributed by atoms with E-state index in [1.54, 1.807) is 0 Å². The van der Waals surface area contributed by atoms with Crippen LogP contribution in [0.4, 0.5) is 17.1 Å². The van der Waals surface area contributed by atoms with Gasteiger partial charge in [-0.1, -0.05) is 84.9 Å². The van der Waals surface area contributed by atoms with E-state index in [9.17, 15) is 0 Å². The van der Waals surface area contributed by atoms with Crippen molar-refractivity contribution >= 4 is 122 Å². The first-order valence-corrected chi connectivity index (χ1v) is 19.3. The standard InChI is InChI=1S/C46H27NS3/c1-2-8-34-29(7-1)15-22-45-46(34)39-25-30(16-21-44(39)50-45)28-13-17-31(18-14-28)47(32-19-23-42-37(26-32)35-9-3-5-11-40(35)48-42)33-20-24-43-38(27-33)36-10-4-6-12-41(36)49-43/h1-27H. The highest BCUT2D eigenvalue weighted by Gasteiger charge is 2.17. The number of hydrogen-bond acceptors (Lipinski definition) is 4. The summed E-state index contributed by atoms with van der Waals surface area (Å²) in [5.41, 5.74) is 5.91. The van der Waals surface area contributed by atoms with Crippen LogP contribution in [0.2, 0.25) is 0 Å². The number of benzene rings is 8. The minimum absolute atomic E-state index is 1.14. The molecule has 0 aliphatic heterocycles. The average molecular weight is 690 g/mol. The lowest BCUT2D eigenvalue weighted by atomic mass is 9.99. The minimum Gasteiger partial charge on any atom is -0.310 e. The lowest BCUT2D eigenvalue weighted by Crippen LogP contribution is -2.09. The number of anilines is 3. The van der Waals surface area contributed by atoms with E-state index in [2.05, 4.69) is 169 Å². The number of fused-ring (bicyclic) bond motifs is 11. The smallest absolute Gasteiger partial charge is 0.0468 e. The summed E-state index contributed by atoms with van der Waals surface area (Å²) in [4.78, 5) is 2.42. The highest BCUT2D eigenvalue weighted by Crippen LogP contribution is 2.44. The van der Waals surface area contributed by atoms with E-state index in [0.29, 0.717) is 0 Å². The molecule has 0 saturated heterocycles. The Morgan fingerprint density at radius 3 is 1.46 bits per heavy atom. The molecule has 0 fully saturated rings. The van der Waals surface area contributed by atoms with Crippen LogP contribution in [0.5, 0.6) is 0 Å². The predicted octanol–water partition coefficient (Wildman–Crippen LogP) is 15.1. The van der Waals surface area contributed by atoms with Crippen molar-refractivity contribution in [2.24, 2.45) is 0 Å². The number of hydrogen-bond donors (Lipinski definition) is 0. The van der Waals surface area contributed by atoms with Crippen LogP contribution in [0.1, 0.15) is 0 Å². The van der Waals surface area contributed by atoms with E-state index < -0.39 is 0 Å². The summed E-state index contributed by atoms with van der Waals surface area (Å²) >= 11 is 5.61. The second-order valence-corrected chi connectivity index (χ2v) is 16.2. The Morgan fingerprint density at radius 1 is 0.300 bits per heavy atom. The SMILES string of the molecule is c1ccc2c(c1)ccc1sc3ccc(-c4ccc(N(c5ccc6sc7ccccc7c6c5)c5ccc6sc7ccccc7c6c5)cc4)cc3c12. The summed E-state index contributed by atoms with van der Waals surface area (Å²) < 4.78 is 7.95. The van der Waals surface area contributed by atoms with Crippen molar-refractivity contribution in [3.8, 4) is 11.1 Å². The van der Waals surface area contributed by atoms with Crippen LogP contribution in [-0.4, -0.2) is 0 Å². The second-order valence-electron chi connectivity index (χ2n) is 12.9. The first-order valence-electron chi connectivity index (χ1n) is 16.8. The molecule has 0 atom stereocenters. The summed E-state index contributed by atoms with van der Waals surface area (Å²) in [5.74, 6) is 0. The fourth-order valence-electron chi connectivity index (χ4n) is 7.68. The molecule has 11 aromatic rings. The normalized spacial score (nSPS) is 12.0. The van der Waals surface area contributed by atoms with Gasteiger partial charge in [-0.2, -0.15) is 0 Å². The summed E-state index contributed by atoms with van der Waals surface area (Å²) in [5, 5.41) is 10.5. The third kappa shape index (κ3) is 4.36. The van der Waals surface area contributed by atoms with Crippen LogP contribution >= 0.6 is 34.0 Å². The van der Waals surface area contributed by atoms with Crippen LogP contribution in [0, 0.1) is 0 Å². The van der Waals surface area contributed by atoms with Gasteiger partial charge < -0.3 is 4.90 Å². The highest BCUT2D eigenvalue weighted by molar-refractivity contribution is 7.26. The Hall–Kier alpha value is -5.52. The van der Waals surface area contributed by atoms with Gasteiger partial charge in [-0.05, 0) is 101 Å². The highest BCUT2D eigenvalue weighted by atomic mass is 32.1. The molecule has 50 heavy (non-hydrogen) atoms. The molecule has 234 valence electrons. The lowest BCUT2D eigenvalue weighted by Gasteiger charge is -2.26. The van der Waals surface area contributed by atoms with E-state index in [1.165, 1.54) is 82.4 Å². The van der Waals surface area contributed by atoms with Gasteiger partial charge in [0, 0.05) is 77.6 Å². The molecule has 3 aromatic heterocycles. The Labute approximate surface area is 300 Å². The molecule has 0 saturated carbocycles. The van der Waals surface area contributed by atoms with Gasteiger partial charge in [0.25, 0.3) is 0 Å². The lowest BCUT2D eigenvalue weighted by molar-refractivity contribution is 1.30. The Morgan fingerprint density at radius 2 is 0.780 bits per heavy atom. The van der Waals surface area contributed by atoms with E-state index in [4.69, 9.17) is 0 Å². The van der Waals surface area contributed by atoms with Crippen molar-refractivity contribution in [1.82, 2.24) is 0 Å². The number of nitrogens with zero attached hydrogens (tertiary/aromatic N) is 1. The first kappa shape index (κ1) is 28.3. The monoisotopic (exact) mass is 689 g/mol. The molecule has 0 radical (unpaired) electrons. The third-order valence-electron chi connectivity index (χ3n) is 10.1. The van der Waals surface area contributed by atoms with E-state index >= 15 is 0 Å². The van der Waals surface area contributed by atoms with Crippen LogP contribution in [-0.2, 0) is 0 Å². The average Bonchev–Trinajstić information content (AvgIpc) is 3.86. The third-order valence-corrected chi connectivity index (χ3v) is 13.5. The summed E-state index contributed by atoms with van der Waals surface area (Å²) in [6.07, 6.45) is 0. The molecule has 11 rings (SSSR count). The van der Waals surface area contributed by atoms with Crippen LogP contribution < -0.4 is 4.90 Å². The summed E-state index contributed by atoms with van der Waals surface area (Å²) in [7, 11) is 0. The maximum Gasteiger partial charge on any atom is 0.0468 e. The molecule has 0 aliphatic carbocycles. The van der Waals surface area contributed by atoms with Crippen LogP contribution in [0.3, 0.4) is 0 Å². The van der Waals surface area contributed by atoms with Gasteiger partial charge in [-0.25, -0.2) is 0 Å². The zero-order chi connectivity index (χ0) is 32.8. The second kappa shape index (κ2) is 11.0. The van der Waals surface area contributed by atoms with Crippen molar-refractivity contribution in [1.29, 1.82) is 0 Å². The van der Waals surface area contributed by atoms with Gasteiger partial charge >= 0.3 is 0 Å². The molecule has 0 bridgehead atoms.